The number of hydrogen-bond acceptors (Lipinski definition) is 5. The summed E-state index contributed by atoms with van der Waals surface area (Å²) in [4.78, 5) is 35.6. The third-order valence-corrected chi connectivity index (χ3v) is 9.03. The normalized spacial score (nSPS) is 24.3. The van der Waals surface area contributed by atoms with Crippen molar-refractivity contribution in [3.8, 4) is 6.07 Å². The Bertz CT molecular complexity index is 1340. The van der Waals surface area contributed by atoms with Crippen LogP contribution in [0.2, 0.25) is 5.02 Å². The van der Waals surface area contributed by atoms with Crippen LogP contribution in [0.25, 0.3) is 0 Å². The summed E-state index contributed by atoms with van der Waals surface area (Å²) in [6.45, 7) is 5.68. The quantitative estimate of drug-likeness (QED) is 0.450. The number of allylic oxidation sites excluding steroid dienone is 4. The van der Waals surface area contributed by atoms with Gasteiger partial charge in [-0.2, -0.15) is 5.26 Å². The summed E-state index contributed by atoms with van der Waals surface area (Å²) in [7, 11) is 0. The topological polar surface area (TPSA) is 94.3 Å². The van der Waals surface area contributed by atoms with Crippen LogP contribution in [0.5, 0.6) is 0 Å². The highest BCUT2D eigenvalue weighted by molar-refractivity contribution is 6.30. The van der Waals surface area contributed by atoms with Gasteiger partial charge in [0.1, 0.15) is 0 Å². The van der Waals surface area contributed by atoms with E-state index in [0.717, 1.165) is 69.5 Å². The average molecular weight is 575 g/mol. The van der Waals surface area contributed by atoms with Crippen molar-refractivity contribution in [3.05, 3.63) is 76.9 Å². The minimum atomic E-state index is -0.183. The summed E-state index contributed by atoms with van der Waals surface area (Å²) >= 11 is 6.12. The predicted octanol–water partition coefficient (Wildman–Crippen LogP) is 4.51. The Balaban J connectivity index is 1.19. The van der Waals surface area contributed by atoms with Gasteiger partial charge in [0.25, 0.3) is 0 Å². The number of nitrogens with one attached hydrogen (secondary N) is 1. The van der Waals surface area contributed by atoms with Gasteiger partial charge in [0.05, 0.1) is 24.9 Å². The van der Waals surface area contributed by atoms with Crippen molar-refractivity contribution >= 4 is 23.4 Å². The second-order valence-electron chi connectivity index (χ2n) is 11.5. The zero-order chi connectivity index (χ0) is 28.8. The molecule has 4 atom stereocenters. The first-order chi connectivity index (χ1) is 19.9. The molecular weight excluding hydrogens is 536 g/mol. The van der Waals surface area contributed by atoms with E-state index in [4.69, 9.17) is 16.9 Å². The van der Waals surface area contributed by atoms with Crippen LogP contribution in [0.1, 0.15) is 50.3 Å². The van der Waals surface area contributed by atoms with Crippen LogP contribution in [0, 0.1) is 23.2 Å². The Morgan fingerprint density at radius 1 is 1.22 bits per heavy atom. The minimum Gasteiger partial charge on any atom is -0.351 e. The van der Waals surface area contributed by atoms with E-state index < -0.39 is 0 Å². The maximum absolute atomic E-state index is 13.6. The van der Waals surface area contributed by atoms with Crippen molar-refractivity contribution in [2.45, 2.75) is 70.6 Å². The number of imidazole rings is 1. The number of rotatable bonds is 10. The van der Waals surface area contributed by atoms with Gasteiger partial charge in [-0.3, -0.25) is 14.5 Å². The molecule has 1 N–H and O–H groups in total. The molecule has 1 aliphatic carbocycles. The van der Waals surface area contributed by atoms with Crippen LogP contribution in [-0.2, 0) is 29.1 Å². The summed E-state index contributed by atoms with van der Waals surface area (Å²) < 4.78 is 2.07. The SMILES string of the molecule is CC[C@H]1CCN(C[C@H]2CCCN2C(=O)Cc2cncn2CC2C=CC(C#N)=CC2)[C@@H]1C(=O)NCc1cccc(Cl)c1. The van der Waals surface area contributed by atoms with E-state index in [9.17, 15) is 9.59 Å². The molecule has 3 aliphatic rings. The van der Waals surface area contributed by atoms with Crippen molar-refractivity contribution < 1.29 is 9.59 Å². The van der Waals surface area contributed by atoms with Crippen LogP contribution in [0.4, 0.5) is 0 Å². The van der Waals surface area contributed by atoms with Crippen LogP contribution < -0.4 is 5.32 Å². The molecule has 216 valence electrons. The van der Waals surface area contributed by atoms with Gasteiger partial charge in [0.15, 0.2) is 0 Å². The Kier molecular flexibility index (Phi) is 9.58. The summed E-state index contributed by atoms with van der Waals surface area (Å²) in [5, 5.41) is 12.9. The van der Waals surface area contributed by atoms with Crippen molar-refractivity contribution in [3.63, 3.8) is 0 Å². The first kappa shape index (κ1) is 29.1. The number of nitrogens with zero attached hydrogens (tertiary/aromatic N) is 5. The fourth-order valence-electron chi connectivity index (χ4n) is 6.56. The zero-order valence-electron chi connectivity index (χ0n) is 23.7. The summed E-state index contributed by atoms with van der Waals surface area (Å²) in [6, 6.07) is 9.69. The molecule has 5 rings (SSSR count). The second kappa shape index (κ2) is 13.5. The molecule has 9 heteroatoms. The maximum Gasteiger partial charge on any atom is 0.237 e. The molecular formula is C32H39ClN6O2. The molecule has 1 aromatic heterocycles. The minimum absolute atomic E-state index is 0.0580. The highest BCUT2D eigenvalue weighted by Gasteiger charge is 2.41. The largest absolute Gasteiger partial charge is 0.351 e. The standard InChI is InChI=1S/C32H39ClN6O2/c1-2-26-12-14-37(31(26)32(41)36-18-25-5-3-6-27(33)15-25)21-28-7-4-13-39(28)30(40)16-29-19-35-22-38(29)20-24-10-8-23(17-34)9-11-24/h3,5-6,8-10,15,19,22,24,26,28,31H,2,4,7,11-14,16,18,20-21H2,1H3,(H,36,41)/t24?,26-,28+,31-/m0/s1. The molecule has 2 fully saturated rings. The van der Waals surface area contributed by atoms with E-state index in [0.29, 0.717) is 29.5 Å². The fraction of sp³-hybridized carbons (Fsp3) is 0.500. The Morgan fingerprint density at radius 2 is 2.10 bits per heavy atom. The van der Waals surface area contributed by atoms with Gasteiger partial charge in [-0.25, -0.2) is 4.98 Å². The van der Waals surface area contributed by atoms with Crippen LogP contribution in [0.3, 0.4) is 0 Å². The van der Waals surface area contributed by atoms with Crippen molar-refractivity contribution in [1.82, 2.24) is 24.7 Å². The van der Waals surface area contributed by atoms with E-state index in [1.165, 1.54) is 0 Å². The summed E-state index contributed by atoms with van der Waals surface area (Å²) in [5.41, 5.74) is 2.60. The van der Waals surface area contributed by atoms with Crippen molar-refractivity contribution in [2.24, 2.45) is 11.8 Å². The monoisotopic (exact) mass is 574 g/mol. The molecule has 0 radical (unpaired) electrons. The maximum atomic E-state index is 13.6. The van der Waals surface area contributed by atoms with Crippen molar-refractivity contribution in [2.75, 3.05) is 19.6 Å². The predicted molar refractivity (Wildman–Crippen MR) is 159 cm³/mol. The van der Waals surface area contributed by atoms with Gasteiger partial charge in [-0.05, 0) is 67.8 Å². The number of aromatic nitrogens is 2. The molecule has 2 amide bonds. The summed E-state index contributed by atoms with van der Waals surface area (Å²) in [6.07, 6.45) is 14.5. The first-order valence-electron chi connectivity index (χ1n) is 14.8. The highest BCUT2D eigenvalue weighted by atomic mass is 35.5. The fourth-order valence-corrected chi connectivity index (χ4v) is 6.77. The first-order valence-corrected chi connectivity index (χ1v) is 15.2. The van der Waals surface area contributed by atoms with Crippen LogP contribution >= 0.6 is 11.6 Å². The number of halogens is 1. The summed E-state index contributed by atoms with van der Waals surface area (Å²) in [5.74, 6) is 0.761. The average Bonchev–Trinajstić information content (AvgIpc) is 3.73. The molecule has 0 bridgehead atoms. The molecule has 2 aromatic rings. The van der Waals surface area contributed by atoms with E-state index in [1.807, 2.05) is 41.3 Å². The number of carbonyl (C=O) groups is 2. The molecule has 1 aromatic carbocycles. The lowest BCUT2D eigenvalue weighted by Gasteiger charge is -2.33. The molecule has 3 heterocycles. The lowest BCUT2D eigenvalue weighted by molar-refractivity contribution is -0.132. The number of likely N-dealkylation sites (tertiary alicyclic amines) is 2. The smallest absolute Gasteiger partial charge is 0.237 e. The number of nitriles is 1. The Hall–Kier alpha value is -3.41. The van der Waals surface area contributed by atoms with Gasteiger partial charge < -0.3 is 14.8 Å². The van der Waals surface area contributed by atoms with E-state index in [2.05, 4.69) is 38.8 Å². The Labute approximate surface area is 247 Å². The third kappa shape index (κ3) is 7.09. The number of carbonyl (C=O) groups excluding carboxylic acids is 2. The molecule has 8 nitrogen and oxygen atoms in total. The van der Waals surface area contributed by atoms with Crippen LogP contribution in [0.15, 0.2) is 60.6 Å². The molecule has 0 saturated carbocycles. The van der Waals surface area contributed by atoms with Gasteiger partial charge >= 0.3 is 0 Å². The third-order valence-electron chi connectivity index (χ3n) is 8.80. The van der Waals surface area contributed by atoms with Gasteiger partial charge in [0, 0.05) is 54.7 Å². The highest BCUT2D eigenvalue weighted by Crippen LogP contribution is 2.30. The molecule has 1 unspecified atom stereocenters. The lowest BCUT2D eigenvalue weighted by atomic mass is 9.96. The van der Waals surface area contributed by atoms with Crippen molar-refractivity contribution in [1.29, 1.82) is 5.26 Å². The molecule has 41 heavy (non-hydrogen) atoms. The van der Waals surface area contributed by atoms with E-state index >= 15 is 0 Å². The van der Waals surface area contributed by atoms with E-state index in [-0.39, 0.29) is 29.8 Å². The van der Waals surface area contributed by atoms with E-state index in [1.54, 1.807) is 12.5 Å². The Morgan fingerprint density at radius 3 is 2.85 bits per heavy atom. The van der Waals surface area contributed by atoms with Gasteiger partial charge in [-0.1, -0.05) is 49.2 Å². The molecule has 2 saturated heterocycles. The number of hydrogen-bond donors (Lipinski definition) is 1. The molecule has 0 spiro atoms. The zero-order valence-corrected chi connectivity index (χ0v) is 24.5. The molecule has 2 aliphatic heterocycles. The second-order valence-corrected chi connectivity index (χ2v) is 11.9. The van der Waals surface area contributed by atoms with Gasteiger partial charge in [0.2, 0.25) is 11.8 Å². The lowest BCUT2D eigenvalue weighted by Crippen LogP contribution is -2.51. The van der Waals surface area contributed by atoms with Gasteiger partial charge in [-0.15, -0.1) is 0 Å². The number of benzene rings is 1. The van der Waals surface area contributed by atoms with Crippen LogP contribution in [-0.4, -0.2) is 62.9 Å². The number of amides is 2.